The van der Waals surface area contributed by atoms with Gasteiger partial charge in [-0.05, 0) is 49.6 Å². The second-order valence-electron chi connectivity index (χ2n) is 5.59. The fraction of sp³-hybridized carbons (Fsp3) is 0.375. The lowest BCUT2D eigenvalue weighted by molar-refractivity contribution is 0.0605. The number of hydrogen-bond donors (Lipinski definition) is 0. The van der Waals surface area contributed by atoms with Gasteiger partial charge in [0.1, 0.15) is 5.60 Å². The van der Waals surface area contributed by atoms with Crippen LogP contribution >= 0.6 is 0 Å². The molecule has 1 aliphatic rings. The van der Waals surface area contributed by atoms with Gasteiger partial charge in [-0.25, -0.2) is 4.79 Å². The van der Waals surface area contributed by atoms with Crippen molar-refractivity contribution < 1.29 is 9.53 Å². The zero-order valence-electron chi connectivity index (χ0n) is 11.6. The van der Waals surface area contributed by atoms with E-state index < -0.39 is 11.7 Å². The van der Waals surface area contributed by atoms with Crippen molar-refractivity contribution in [3.63, 3.8) is 0 Å². The highest BCUT2D eigenvalue weighted by Crippen LogP contribution is 2.09. The Morgan fingerprint density at radius 1 is 1.32 bits per heavy atom. The molecule has 0 aliphatic heterocycles. The molecular weight excluding hydrogens is 238 g/mol. The zero-order chi connectivity index (χ0) is 13.9. The van der Waals surface area contributed by atoms with Crippen molar-refractivity contribution in [3.05, 3.63) is 34.7 Å². The van der Waals surface area contributed by atoms with Crippen LogP contribution in [-0.4, -0.2) is 17.9 Å². The van der Waals surface area contributed by atoms with Crippen LogP contribution < -0.4 is 10.4 Å². The topological polar surface area (TPSA) is 38.7 Å². The maximum Gasteiger partial charge on any atom is 0.434 e. The summed E-state index contributed by atoms with van der Waals surface area (Å²) in [6.07, 6.45) is 5.20. The number of ether oxygens (including phenoxy) is 1. The summed E-state index contributed by atoms with van der Waals surface area (Å²) >= 11 is 0. The molecule has 1 amide bonds. The number of carbonyl (C=O) groups excluding carboxylic acids is 1. The highest BCUT2D eigenvalue weighted by atomic mass is 16.6. The second kappa shape index (κ2) is 5.39. The molecule has 0 heterocycles. The molecule has 0 saturated carbocycles. The van der Waals surface area contributed by atoms with E-state index in [-0.39, 0.29) is 0 Å². The molecule has 0 unspecified atom stereocenters. The summed E-state index contributed by atoms with van der Waals surface area (Å²) in [5.41, 5.74) is 0.584. The van der Waals surface area contributed by atoms with E-state index in [9.17, 15) is 4.79 Å². The number of carbonyl (C=O) groups is 1. The van der Waals surface area contributed by atoms with Crippen LogP contribution in [0.25, 0.3) is 11.6 Å². The molecule has 0 fully saturated rings. The quantitative estimate of drug-likeness (QED) is 0.725. The fourth-order valence-corrected chi connectivity index (χ4v) is 2.04. The molecule has 0 radical (unpaired) electrons. The second-order valence-corrected chi connectivity index (χ2v) is 5.59. The molecule has 0 spiro atoms. The van der Waals surface area contributed by atoms with Crippen LogP contribution in [0.4, 0.5) is 4.79 Å². The minimum absolute atomic E-state index is 0.503. The molecule has 0 saturated heterocycles. The van der Waals surface area contributed by atoms with E-state index >= 15 is 0 Å². The first-order valence-electron chi connectivity index (χ1n) is 6.51. The zero-order valence-corrected chi connectivity index (χ0v) is 11.6. The number of aliphatic imine (C=N–C) groups is 1. The van der Waals surface area contributed by atoms with E-state index in [1.54, 1.807) is 6.21 Å². The van der Waals surface area contributed by atoms with Gasteiger partial charge in [0.15, 0.2) is 0 Å². The smallest absolute Gasteiger partial charge is 0.434 e. The molecule has 3 heteroatoms. The third-order valence-corrected chi connectivity index (χ3v) is 2.80. The SMILES string of the molecule is CC(C)(C)OC(=O)/N=C/C1=c2ccccc2=CCC1. The van der Waals surface area contributed by atoms with Gasteiger partial charge in [-0.3, -0.25) is 0 Å². The van der Waals surface area contributed by atoms with Crippen molar-refractivity contribution in [2.45, 2.75) is 39.2 Å². The largest absolute Gasteiger partial charge is 0.442 e. The van der Waals surface area contributed by atoms with Crippen molar-refractivity contribution >= 4 is 24.0 Å². The van der Waals surface area contributed by atoms with Crippen molar-refractivity contribution in [2.24, 2.45) is 4.99 Å². The number of nitrogens with zero attached hydrogens (tertiary/aromatic N) is 1. The third kappa shape index (κ3) is 3.78. The summed E-state index contributed by atoms with van der Waals surface area (Å²) in [6, 6.07) is 8.15. The lowest BCUT2D eigenvalue weighted by Crippen LogP contribution is -2.29. The summed E-state index contributed by atoms with van der Waals surface area (Å²) in [4.78, 5) is 15.5. The Morgan fingerprint density at radius 3 is 2.79 bits per heavy atom. The van der Waals surface area contributed by atoms with Crippen LogP contribution in [0.2, 0.25) is 0 Å². The maximum atomic E-state index is 11.6. The molecule has 0 atom stereocenters. The van der Waals surface area contributed by atoms with Crippen LogP contribution in [0.3, 0.4) is 0 Å². The van der Waals surface area contributed by atoms with Crippen LogP contribution in [-0.2, 0) is 4.74 Å². The highest BCUT2D eigenvalue weighted by molar-refractivity contribution is 6.06. The average molecular weight is 257 g/mol. The summed E-state index contributed by atoms with van der Waals surface area (Å²) in [7, 11) is 0. The van der Waals surface area contributed by atoms with E-state index in [0.717, 1.165) is 23.6 Å². The molecule has 100 valence electrons. The summed E-state index contributed by atoms with van der Waals surface area (Å²) < 4.78 is 5.16. The Bertz CT molecular complexity index is 621. The van der Waals surface area contributed by atoms with Crippen LogP contribution in [0.5, 0.6) is 0 Å². The first kappa shape index (κ1) is 13.5. The van der Waals surface area contributed by atoms with Crippen molar-refractivity contribution in [1.29, 1.82) is 0 Å². The number of amides is 1. The Morgan fingerprint density at radius 2 is 2.05 bits per heavy atom. The Balaban J connectivity index is 2.25. The average Bonchev–Trinajstić information content (AvgIpc) is 2.34. The van der Waals surface area contributed by atoms with Gasteiger partial charge < -0.3 is 4.74 Å². The summed E-state index contributed by atoms with van der Waals surface area (Å²) in [5.74, 6) is 0. The molecule has 0 N–H and O–H groups in total. The molecule has 2 rings (SSSR count). The molecular formula is C16H19NO2. The Labute approximate surface area is 113 Å². The standard InChI is InChI=1S/C16H19NO2/c1-16(2,3)19-15(18)17-11-13-9-6-8-12-7-4-5-10-14(12)13/h4-5,7-8,10-11H,6,9H2,1-3H3/b17-11+. The van der Waals surface area contributed by atoms with E-state index in [1.165, 1.54) is 5.22 Å². The normalized spacial score (nSPS) is 15.0. The Hall–Kier alpha value is -1.90. The van der Waals surface area contributed by atoms with Gasteiger partial charge >= 0.3 is 6.09 Å². The van der Waals surface area contributed by atoms with Gasteiger partial charge in [0.05, 0.1) is 0 Å². The number of fused-ring (bicyclic) bond motifs is 1. The number of benzene rings is 1. The first-order valence-corrected chi connectivity index (χ1v) is 6.51. The molecule has 0 bridgehead atoms. The van der Waals surface area contributed by atoms with Gasteiger partial charge in [0.25, 0.3) is 0 Å². The van der Waals surface area contributed by atoms with E-state index in [2.05, 4.69) is 23.2 Å². The molecule has 1 aromatic carbocycles. The van der Waals surface area contributed by atoms with Crippen LogP contribution in [0.15, 0.2) is 29.3 Å². The summed E-state index contributed by atoms with van der Waals surface area (Å²) in [5, 5.41) is 2.36. The number of hydrogen-bond acceptors (Lipinski definition) is 2. The van der Waals surface area contributed by atoms with Crippen molar-refractivity contribution in [1.82, 2.24) is 0 Å². The molecule has 1 aliphatic carbocycles. The molecule has 0 aromatic heterocycles. The predicted octanol–water partition coefficient (Wildman–Crippen LogP) is 2.42. The van der Waals surface area contributed by atoms with Gasteiger partial charge in [0.2, 0.25) is 0 Å². The van der Waals surface area contributed by atoms with Crippen molar-refractivity contribution in [2.75, 3.05) is 0 Å². The van der Waals surface area contributed by atoms with E-state index in [1.807, 2.05) is 32.9 Å². The van der Waals surface area contributed by atoms with Gasteiger partial charge in [-0.2, -0.15) is 4.99 Å². The lowest BCUT2D eigenvalue weighted by atomic mass is 10.0. The lowest BCUT2D eigenvalue weighted by Gasteiger charge is -2.17. The predicted molar refractivity (Wildman–Crippen MR) is 77.5 cm³/mol. The van der Waals surface area contributed by atoms with Crippen LogP contribution in [0.1, 0.15) is 33.6 Å². The maximum absolute atomic E-state index is 11.6. The van der Waals surface area contributed by atoms with Crippen LogP contribution in [0, 0.1) is 0 Å². The van der Waals surface area contributed by atoms with Gasteiger partial charge in [0, 0.05) is 6.21 Å². The number of rotatable bonds is 1. The summed E-state index contributed by atoms with van der Waals surface area (Å²) in [6.45, 7) is 5.50. The fourth-order valence-electron chi connectivity index (χ4n) is 2.04. The van der Waals surface area contributed by atoms with Crippen molar-refractivity contribution in [3.8, 4) is 0 Å². The molecule has 19 heavy (non-hydrogen) atoms. The Kier molecular flexibility index (Phi) is 3.84. The highest BCUT2D eigenvalue weighted by Gasteiger charge is 2.15. The minimum atomic E-state index is -0.535. The van der Waals surface area contributed by atoms with Gasteiger partial charge in [-0.15, -0.1) is 0 Å². The third-order valence-electron chi connectivity index (χ3n) is 2.80. The monoisotopic (exact) mass is 257 g/mol. The van der Waals surface area contributed by atoms with Gasteiger partial charge in [-0.1, -0.05) is 30.3 Å². The van der Waals surface area contributed by atoms with E-state index in [0.29, 0.717) is 0 Å². The van der Waals surface area contributed by atoms with E-state index in [4.69, 9.17) is 4.74 Å². The molecule has 1 aromatic rings. The first-order chi connectivity index (χ1) is 8.96. The minimum Gasteiger partial charge on any atom is -0.442 e. The molecule has 3 nitrogen and oxygen atoms in total.